The second-order valence-corrected chi connectivity index (χ2v) is 5.82. The summed E-state index contributed by atoms with van der Waals surface area (Å²) in [7, 11) is 0. The van der Waals surface area contributed by atoms with Gasteiger partial charge in [-0.1, -0.05) is 22.6 Å². The van der Waals surface area contributed by atoms with E-state index in [0.29, 0.717) is 6.54 Å². The molecule has 1 amide bonds. The maximum absolute atomic E-state index is 11.6. The molecule has 0 spiro atoms. The zero-order valence-corrected chi connectivity index (χ0v) is 12.6. The first-order valence-corrected chi connectivity index (χ1v) is 7.43. The lowest BCUT2D eigenvalue weighted by atomic mass is 10.2. The van der Waals surface area contributed by atoms with Crippen molar-refractivity contribution in [2.24, 2.45) is 0 Å². The molecule has 1 N–H and O–H groups in total. The van der Waals surface area contributed by atoms with E-state index in [2.05, 4.69) is 27.5 Å². The number of anilines is 1. The summed E-state index contributed by atoms with van der Waals surface area (Å²) in [5, 5.41) is 9.27. The van der Waals surface area contributed by atoms with Crippen LogP contribution >= 0.6 is 34.2 Å². The number of alkyl halides is 2. The molecule has 1 saturated heterocycles. The Labute approximate surface area is 125 Å². The molecule has 1 atom stereocenters. The second kappa shape index (κ2) is 5.97. The van der Waals surface area contributed by atoms with Crippen molar-refractivity contribution in [3.05, 3.63) is 24.3 Å². The number of carbonyl (C=O) groups is 1. The molecule has 98 valence electrons. The van der Waals surface area contributed by atoms with Gasteiger partial charge in [-0.05, 0) is 24.3 Å². The Morgan fingerprint density at radius 2 is 2.06 bits per heavy atom. The van der Waals surface area contributed by atoms with Crippen molar-refractivity contribution in [1.29, 1.82) is 0 Å². The summed E-state index contributed by atoms with van der Waals surface area (Å²) in [5.41, 5.74) is 1.06. The van der Waals surface area contributed by atoms with Crippen LogP contribution in [0.4, 0.5) is 5.69 Å². The number of rotatable bonds is 2. The Bertz CT molecular complexity index is 427. The minimum absolute atomic E-state index is 0.0126. The summed E-state index contributed by atoms with van der Waals surface area (Å²) in [6.45, 7) is 2.24. The van der Waals surface area contributed by atoms with Crippen LogP contribution in [-0.4, -0.2) is 45.5 Å². The molecule has 2 rings (SSSR count). The van der Waals surface area contributed by atoms with Gasteiger partial charge in [-0.25, -0.2) is 0 Å². The lowest BCUT2D eigenvalue weighted by molar-refractivity contribution is -0.129. The third-order valence-electron chi connectivity index (χ3n) is 2.97. The maximum Gasteiger partial charge on any atom is 0.238 e. The van der Waals surface area contributed by atoms with E-state index in [9.17, 15) is 9.90 Å². The van der Waals surface area contributed by atoms with E-state index in [4.69, 9.17) is 11.6 Å². The van der Waals surface area contributed by atoms with Gasteiger partial charge in [0.25, 0.3) is 0 Å². The van der Waals surface area contributed by atoms with Crippen LogP contribution in [0.25, 0.3) is 0 Å². The molecule has 0 aliphatic carbocycles. The normalized spacial score (nSPS) is 20.0. The van der Waals surface area contributed by atoms with Crippen molar-refractivity contribution in [3.63, 3.8) is 0 Å². The minimum Gasteiger partial charge on any atom is -0.508 e. The highest BCUT2D eigenvalue weighted by atomic mass is 127. The summed E-state index contributed by atoms with van der Waals surface area (Å²) in [5.74, 6) is 0.292. The van der Waals surface area contributed by atoms with Crippen molar-refractivity contribution in [1.82, 2.24) is 4.90 Å². The van der Waals surface area contributed by atoms with Gasteiger partial charge in [0.2, 0.25) is 5.91 Å². The Morgan fingerprint density at radius 3 is 2.61 bits per heavy atom. The molecule has 1 aliphatic heterocycles. The zero-order valence-electron chi connectivity index (χ0n) is 9.72. The van der Waals surface area contributed by atoms with Gasteiger partial charge in [0, 0.05) is 25.3 Å². The average Bonchev–Trinajstić information content (AvgIpc) is 2.38. The van der Waals surface area contributed by atoms with Crippen molar-refractivity contribution in [3.8, 4) is 5.75 Å². The van der Waals surface area contributed by atoms with Gasteiger partial charge in [-0.3, -0.25) is 4.79 Å². The molecule has 0 saturated carbocycles. The van der Waals surface area contributed by atoms with Crippen LogP contribution in [0.3, 0.4) is 0 Å². The predicted molar refractivity (Wildman–Crippen MR) is 80.6 cm³/mol. The fourth-order valence-corrected chi connectivity index (χ4v) is 3.21. The summed E-state index contributed by atoms with van der Waals surface area (Å²) in [4.78, 5) is 15.6. The lowest BCUT2D eigenvalue weighted by Crippen LogP contribution is -2.53. The molecule has 1 unspecified atom stereocenters. The molecule has 0 bridgehead atoms. The molecule has 0 radical (unpaired) electrons. The topological polar surface area (TPSA) is 43.8 Å². The molecule has 6 heteroatoms. The molecular weight excluding hydrogens is 367 g/mol. The van der Waals surface area contributed by atoms with Crippen LogP contribution in [0.5, 0.6) is 5.75 Å². The largest absolute Gasteiger partial charge is 0.508 e. The molecule has 0 aromatic heterocycles. The van der Waals surface area contributed by atoms with Crippen molar-refractivity contribution in [2.75, 3.05) is 30.4 Å². The number of piperazine rings is 1. The van der Waals surface area contributed by atoms with Gasteiger partial charge in [0.1, 0.15) is 15.7 Å². The molecule has 4 nitrogen and oxygen atoms in total. The lowest BCUT2D eigenvalue weighted by Gasteiger charge is -2.39. The summed E-state index contributed by atoms with van der Waals surface area (Å²) >= 11 is 7.85. The van der Waals surface area contributed by atoms with E-state index in [0.717, 1.165) is 18.8 Å². The van der Waals surface area contributed by atoms with Gasteiger partial charge in [-0.2, -0.15) is 0 Å². The quantitative estimate of drug-likeness (QED) is 0.485. The molecule has 1 aromatic rings. The standard InChI is InChI=1S/C12H14ClIN2O2/c13-7-12(18)16-6-5-15(8-11(16)14)9-1-3-10(17)4-2-9/h1-4,11,17H,5-8H2. The van der Waals surface area contributed by atoms with E-state index in [1.807, 2.05) is 17.0 Å². The Kier molecular flexibility index (Phi) is 4.55. The molecule has 1 aromatic carbocycles. The fourth-order valence-electron chi connectivity index (χ4n) is 2.00. The number of hydrogen-bond acceptors (Lipinski definition) is 3. The van der Waals surface area contributed by atoms with Gasteiger partial charge in [0.15, 0.2) is 0 Å². The van der Waals surface area contributed by atoms with Crippen LogP contribution < -0.4 is 4.90 Å². The highest BCUT2D eigenvalue weighted by molar-refractivity contribution is 14.1. The number of benzene rings is 1. The van der Waals surface area contributed by atoms with Crippen LogP contribution in [0.1, 0.15) is 0 Å². The number of aromatic hydroxyl groups is 1. The number of amides is 1. The monoisotopic (exact) mass is 380 g/mol. The maximum atomic E-state index is 11.6. The number of phenolic OH excluding ortho intramolecular Hbond substituents is 1. The highest BCUT2D eigenvalue weighted by Gasteiger charge is 2.27. The van der Waals surface area contributed by atoms with Gasteiger partial charge >= 0.3 is 0 Å². The minimum atomic E-state index is -0.0126. The Morgan fingerprint density at radius 1 is 1.39 bits per heavy atom. The zero-order chi connectivity index (χ0) is 13.1. The first-order valence-electron chi connectivity index (χ1n) is 5.65. The second-order valence-electron chi connectivity index (χ2n) is 4.12. The van der Waals surface area contributed by atoms with E-state index in [1.54, 1.807) is 12.1 Å². The van der Waals surface area contributed by atoms with Gasteiger partial charge < -0.3 is 14.9 Å². The molecule has 1 aliphatic rings. The summed E-state index contributed by atoms with van der Waals surface area (Å²) in [6.07, 6.45) is 0. The highest BCUT2D eigenvalue weighted by Crippen LogP contribution is 2.24. The summed E-state index contributed by atoms with van der Waals surface area (Å²) < 4.78 is 0.122. The van der Waals surface area contributed by atoms with Crippen LogP contribution in [0, 0.1) is 0 Å². The van der Waals surface area contributed by atoms with Crippen molar-refractivity contribution >= 4 is 45.8 Å². The predicted octanol–water partition coefficient (Wildman–Crippen LogP) is 2.04. The third-order valence-corrected chi connectivity index (χ3v) is 4.26. The van der Waals surface area contributed by atoms with Gasteiger partial charge in [-0.15, -0.1) is 11.6 Å². The van der Waals surface area contributed by atoms with Crippen LogP contribution in [-0.2, 0) is 4.79 Å². The van der Waals surface area contributed by atoms with E-state index in [-0.39, 0.29) is 21.6 Å². The Balaban J connectivity index is 2.04. The Hall–Kier alpha value is -0.690. The SMILES string of the molecule is O=C(CCl)N1CCN(c2ccc(O)cc2)CC1I. The first-order chi connectivity index (χ1) is 8.61. The van der Waals surface area contributed by atoms with Crippen molar-refractivity contribution in [2.45, 2.75) is 4.05 Å². The van der Waals surface area contributed by atoms with Crippen LogP contribution in [0.15, 0.2) is 24.3 Å². The fraction of sp³-hybridized carbons (Fsp3) is 0.417. The molecule has 1 heterocycles. The van der Waals surface area contributed by atoms with Crippen LogP contribution in [0.2, 0.25) is 0 Å². The smallest absolute Gasteiger partial charge is 0.238 e. The third kappa shape index (κ3) is 3.00. The van der Waals surface area contributed by atoms with E-state index < -0.39 is 0 Å². The van der Waals surface area contributed by atoms with E-state index in [1.165, 1.54) is 0 Å². The first kappa shape index (κ1) is 13.7. The summed E-state index contributed by atoms with van der Waals surface area (Å²) in [6, 6.07) is 7.12. The number of hydrogen-bond donors (Lipinski definition) is 1. The number of halogens is 2. The number of nitrogens with zero attached hydrogens (tertiary/aromatic N) is 2. The van der Waals surface area contributed by atoms with E-state index >= 15 is 0 Å². The molecular formula is C12H14ClIN2O2. The molecule has 1 fully saturated rings. The molecule has 18 heavy (non-hydrogen) atoms. The number of phenols is 1. The van der Waals surface area contributed by atoms with Crippen molar-refractivity contribution < 1.29 is 9.90 Å². The van der Waals surface area contributed by atoms with Gasteiger partial charge in [0.05, 0.1) is 0 Å². The average molecular weight is 381 g/mol. The number of carbonyl (C=O) groups excluding carboxylic acids is 1.